The number of hydrogen-bond acceptors (Lipinski definition) is 5. The first-order chi connectivity index (χ1) is 16.1. The second kappa shape index (κ2) is 9.17. The molecule has 2 heterocycles. The van der Waals surface area contributed by atoms with Gasteiger partial charge in [-0.3, -0.25) is 9.69 Å². The van der Waals surface area contributed by atoms with E-state index in [-0.39, 0.29) is 29.8 Å². The molecule has 3 unspecified atom stereocenters. The van der Waals surface area contributed by atoms with Crippen LogP contribution < -0.4 is 5.32 Å². The van der Waals surface area contributed by atoms with Crippen LogP contribution in [-0.4, -0.2) is 39.6 Å². The third-order valence-corrected chi connectivity index (χ3v) is 6.87. The van der Waals surface area contributed by atoms with E-state index in [0.29, 0.717) is 37.5 Å². The molecule has 3 atom stereocenters. The molecule has 1 saturated carbocycles. The van der Waals surface area contributed by atoms with Crippen molar-refractivity contribution >= 4 is 11.9 Å². The van der Waals surface area contributed by atoms with E-state index in [1.807, 2.05) is 42.5 Å². The van der Waals surface area contributed by atoms with Crippen molar-refractivity contribution in [2.24, 2.45) is 5.92 Å². The Morgan fingerprint density at radius 2 is 1.82 bits per heavy atom. The average molecular weight is 445 g/mol. The molecule has 1 N–H and O–H groups in total. The normalized spacial score (nSPS) is 22.7. The maximum atomic E-state index is 13.1. The fourth-order valence-electron chi connectivity index (χ4n) is 4.89. The molecular formula is C26H28N4O3. The summed E-state index contributed by atoms with van der Waals surface area (Å²) in [6, 6.07) is 17.6. The Morgan fingerprint density at radius 1 is 1.03 bits per heavy atom. The van der Waals surface area contributed by atoms with E-state index < -0.39 is 0 Å². The molecule has 7 heteroatoms. The molecule has 2 aromatic carbocycles. The number of hydrogen-bond donors (Lipinski definition) is 1. The summed E-state index contributed by atoms with van der Waals surface area (Å²) in [4.78, 5) is 31.8. The minimum atomic E-state index is -0.305. The Bertz CT molecular complexity index is 1130. The Balaban J connectivity index is 1.23. The molecule has 5 rings (SSSR count). The fourth-order valence-corrected chi connectivity index (χ4v) is 4.89. The third-order valence-electron chi connectivity index (χ3n) is 6.87. The molecule has 0 spiro atoms. The standard InChI is InChI=1S/C26H28N4O3/c1-2-17-8-10-19(11-9-17)23-28-24(33-29-23)20-12-13-21-22(16-20)27-26(32)30(25(21)31)15-14-18-6-4-3-5-7-18/h3-11,20-22H,2,12-16H2,1H3,(H,27,32). The number of rotatable bonds is 6. The average Bonchev–Trinajstić information content (AvgIpc) is 3.35. The van der Waals surface area contributed by atoms with Gasteiger partial charge in [0.15, 0.2) is 0 Å². The number of nitrogens with zero attached hydrogens (tertiary/aromatic N) is 3. The van der Waals surface area contributed by atoms with Crippen LogP contribution in [0, 0.1) is 5.92 Å². The lowest BCUT2D eigenvalue weighted by molar-refractivity contribution is -0.136. The highest BCUT2D eigenvalue weighted by molar-refractivity contribution is 5.98. The van der Waals surface area contributed by atoms with E-state index in [0.717, 1.165) is 24.0 Å². The summed E-state index contributed by atoms with van der Waals surface area (Å²) < 4.78 is 5.59. The number of carbonyl (C=O) groups is 2. The number of urea groups is 1. The van der Waals surface area contributed by atoms with Crippen molar-refractivity contribution in [3.63, 3.8) is 0 Å². The van der Waals surface area contributed by atoms with Crippen LogP contribution in [-0.2, 0) is 17.6 Å². The van der Waals surface area contributed by atoms with Crippen molar-refractivity contribution in [3.8, 4) is 11.4 Å². The molecule has 2 fully saturated rings. The minimum absolute atomic E-state index is 0.0337. The zero-order chi connectivity index (χ0) is 22.8. The van der Waals surface area contributed by atoms with Gasteiger partial charge >= 0.3 is 6.03 Å². The lowest BCUT2D eigenvalue weighted by Crippen LogP contribution is -2.61. The van der Waals surface area contributed by atoms with E-state index >= 15 is 0 Å². The monoisotopic (exact) mass is 444 g/mol. The van der Waals surface area contributed by atoms with Crippen molar-refractivity contribution < 1.29 is 14.1 Å². The summed E-state index contributed by atoms with van der Waals surface area (Å²) in [7, 11) is 0. The van der Waals surface area contributed by atoms with Crippen molar-refractivity contribution in [2.45, 2.75) is 51.0 Å². The Morgan fingerprint density at radius 3 is 2.58 bits per heavy atom. The van der Waals surface area contributed by atoms with Crippen molar-refractivity contribution in [1.82, 2.24) is 20.4 Å². The molecule has 170 valence electrons. The van der Waals surface area contributed by atoms with Crippen LogP contribution in [0.15, 0.2) is 59.1 Å². The van der Waals surface area contributed by atoms with Crippen LogP contribution >= 0.6 is 0 Å². The Kier molecular flexibility index (Phi) is 5.94. The van der Waals surface area contributed by atoms with Gasteiger partial charge in [0.05, 0.1) is 5.92 Å². The molecule has 1 aliphatic heterocycles. The Hall–Kier alpha value is -3.48. The largest absolute Gasteiger partial charge is 0.339 e. The predicted octanol–water partition coefficient (Wildman–Crippen LogP) is 4.35. The van der Waals surface area contributed by atoms with Gasteiger partial charge in [0.25, 0.3) is 0 Å². The molecule has 3 aromatic rings. The third kappa shape index (κ3) is 4.40. The molecule has 1 aliphatic carbocycles. The maximum absolute atomic E-state index is 13.1. The smallest absolute Gasteiger partial charge is 0.324 e. The van der Waals surface area contributed by atoms with Gasteiger partial charge in [0, 0.05) is 24.1 Å². The highest BCUT2D eigenvalue weighted by Crippen LogP contribution is 2.38. The topological polar surface area (TPSA) is 88.3 Å². The molecule has 7 nitrogen and oxygen atoms in total. The highest BCUT2D eigenvalue weighted by atomic mass is 16.5. The summed E-state index contributed by atoms with van der Waals surface area (Å²) in [5, 5.41) is 7.23. The van der Waals surface area contributed by atoms with Gasteiger partial charge in [-0.05, 0) is 43.2 Å². The molecule has 33 heavy (non-hydrogen) atoms. The van der Waals surface area contributed by atoms with Gasteiger partial charge in [-0.1, -0.05) is 66.7 Å². The van der Waals surface area contributed by atoms with Gasteiger partial charge in [-0.2, -0.15) is 4.98 Å². The van der Waals surface area contributed by atoms with Crippen LogP contribution in [0.5, 0.6) is 0 Å². The molecular weight excluding hydrogens is 416 g/mol. The SMILES string of the molecule is CCc1ccc(-c2noc(C3CCC4C(=O)N(CCc5ccccc5)C(=O)NC4C3)n2)cc1. The lowest BCUT2D eigenvalue weighted by Gasteiger charge is -2.41. The van der Waals surface area contributed by atoms with Crippen molar-refractivity contribution in [3.05, 3.63) is 71.6 Å². The number of benzene rings is 2. The first-order valence-electron chi connectivity index (χ1n) is 11.7. The molecule has 0 bridgehead atoms. The van der Waals surface area contributed by atoms with E-state index in [4.69, 9.17) is 4.52 Å². The van der Waals surface area contributed by atoms with Crippen LogP contribution in [0.1, 0.15) is 49.1 Å². The minimum Gasteiger partial charge on any atom is -0.339 e. The van der Waals surface area contributed by atoms with Crippen LogP contribution in [0.2, 0.25) is 0 Å². The summed E-state index contributed by atoms with van der Waals surface area (Å²) in [5.74, 6) is 0.923. The summed E-state index contributed by atoms with van der Waals surface area (Å²) >= 11 is 0. The molecule has 3 amide bonds. The second-order valence-corrected chi connectivity index (χ2v) is 8.90. The van der Waals surface area contributed by atoms with Crippen molar-refractivity contribution in [1.29, 1.82) is 0 Å². The van der Waals surface area contributed by atoms with Gasteiger partial charge in [-0.15, -0.1) is 0 Å². The number of aryl methyl sites for hydroxylation is 1. The van der Waals surface area contributed by atoms with E-state index in [9.17, 15) is 9.59 Å². The highest BCUT2D eigenvalue weighted by Gasteiger charge is 2.45. The summed E-state index contributed by atoms with van der Waals surface area (Å²) in [6.07, 6.45) is 3.75. The van der Waals surface area contributed by atoms with Crippen LogP contribution in [0.4, 0.5) is 4.79 Å². The van der Waals surface area contributed by atoms with Gasteiger partial charge in [-0.25, -0.2) is 4.79 Å². The quantitative estimate of drug-likeness (QED) is 0.611. The van der Waals surface area contributed by atoms with E-state index in [1.54, 1.807) is 0 Å². The molecule has 1 saturated heterocycles. The number of aromatic nitrogens is 2. The first kappa shape index (κ1) is 21.4. The molecule has 0 radical (unpaired) electrons. The lowest BCUT2D eigenvalue weighted by atomic mass is 9.76. The number of carbonyl (C=O) groups excluding carboxylic acids is 2. The first-order valence-corrected chi connectivity index (χ1v) is 11.7. The number of nitrogens with one attached hydrogen (secondary N) is 1. The predicted molar refractivity (Wildman–Crippen MR) is 123 cm³/mol. The molecule has 2 aliphatic rings. The zero-order valence-corrected chi connectivity index (χ0v) is 18.7. The molecule has 1 aromatic heterocycles. The number of amides is 3. The fraction of sp³-hybridized carbons (Fsp3) is 0.385. The van der Waals surface area contributed by atoms with Gasteiger partial charge in [0.2, 0.25) is 17.6 Å². The van der Waals surface area contributed by atoms with E-state index in [1.165, 1.54) is 10.5 Å². The van der Waals surface area contributed by atoms with Crippen LogP contribution in [0.3, 0.4) is 0 Å². The maximum Gasteiger partial charge on any atom is 0.324 e. The Labute approximate surface area is 193 Å². The summed E-state index contributed by atoms with van der Waals surface area (Å²) in [5.41, 5.74) is 3.29. The second-order valence-electron chi connectivity index (χ2n) is 8.90. The van der Waals surface area contributed by atoms with E-state index in [2.05, 4.69) is 34.5 Å². The van der Waals surface area contributed by atoms with Crippen LogP contribution in [0.25, 0.3) is 11.4 Å². The zero-order valence-electron chi connectivity index (χ0n) is 18.7. The number of fused-ring (bicyclic) bond motifs is 1. The van der Waals surface area contributed by atoms with Gasteiger partial charge in [0.1, 0.15) is 0 Å². The summed E-state index contributed by atoms with van der Waals surface area (Å²) in [6.45, 7) is 2.51. The number of imide groups is 1. The van der Waals surface area contributed by atoms with Gasteiger partial charge < -0.3 is 9.84 Å². The van der Waals surface area contributed by atoms with Crippen molar-refractivity contribution in [2.75, 3.05) is 6.54 Å².